The molecule has 2 rings (SSSR count). The van der Waals surface area contributed by atoms with Crippen molar-refractivity contribution in [2.75, 3.05) is 0 Å². The number of rotatable bonds is 2. The average molecular weight is 286 g/mol. The first-order chi connectivity index (χ1) is 7.65. The second-order valence-corrected chi connectivity index (χ2v) is 4.05. The van der Waals surface area contributed by atoms with Crippen molar-refractivity contribution in [2.24, 2.45) is 7.05 Å². The molecular formula is C10H9BrFN3O. The lowest BCUT2D eigenvalue weighted by Crippen LogP contribution is -1.99. The molecule has 6 heteroatoms. The highest BCUT2D eigenvalue weighted by molar-refractivity contribution is 9.10. The molecule has 16 heavy (non-hydrogen) atoms. The molecule has 1 aromatic heterocycles. The number of aliphatic hydroxyl groups is 1. The summed E-state index contributed by atoms with van der Waals surface area (Å²) in [6.07, 6.45) is 0. The Morgan fingerprint density at radius 2 is 2.19 bits per heavy atom. The lowest BCUT2D eigenvalue weighted by atomic mass is 10.2. The lowest BCUT2D eigenvalue weighted by Gasteiger charge is -2.05. The second-order valence-electron chi connectivity index (χ2n) is 3.26. The van der Waals surface area contributed by atoms with E-state index in [9.17, 15) is 4.39 Å². The van der Waals surface area contributed by atoms with E-state index in [0.717, 1.165) is 0 Å². The molecule has 0 fully saturated rings. The molecule has 0 aliphatic heterocycles. The Bertz CT molecular complexity index is 527. The molecule has 0 saturated carbocycles. The molecule has 0 bridgehead atoms. The zero-order valence-electron chi connectivity index (χ0n) is 8.48. The van der Waals surface area contributed by atoms with E-state index in [0.29, 0.717) is 21.7 Å². The van der Waals surface area contributed by atoms with Crippen LogP contribution in [-0.4, -0.2) is 19.9 Å². The Morgan fingerprint density at radius 1 is 1.44 bits per heavy atom. The summed E-state index contributed by atoms with van der Waals surface area (Å²) in [7, 11) is 1.72. The zero-order chi connectivity index (χ0) is 11.7. The highest BCUT2D eigenvalue weighted by Crippen LogP contribution is 2.28. The third-order valence-electron chi connectivity index (χ3n) is 2.30. The molecule has 0 spiro atoms. The number of hydrogen-bond donors (Lipinski definition) is 1. The Balaban J connectivity index is 2.59. The molecule has 0 aliphatic rings. The van der Waals surface area contributed by atoms with Gasteiger partial charge in [0.1, 0.15) is 12.4 Å². The van der Waals surface area contributed by atoms with Gasteiger partial charge in [-0.2, -0.15) is 0 Å². The molecule has 1 heterocycles. The smallest absolute Gasteiger partial charge is 0.165 e. The van der Waals surface area contributed by atoms with Crippen LogP contribution in [0.1, 0.15) is 5.82 Å². The molecule has 4 nitrogen and oxygen atoms in total. The van der Waals surface area contributed by atoms with Gasteiger partial charge >= 0.3 is 0 Å². The third kappa shape index (κ3) is 1.74. The fourth-order valence-corrected chi connectivity index (χ4v) is 1.85. The first-order valence-corrected chi connectivity index (χ1v) is 5.38. The van der Waals surface area contributed by atoms with Crippen LogP contribution in [0.2, 0.25) is 0 Å². The Hall–Kier alpha value is -1.27. The van der Waals surface area contributed by atoms with Crippen LogP contribution in [-0.2, 0) is 13.7 Å². The van der Waals surface area contributed by atoms with Crippen LogP contribution >= 0.6 is 15.9 Å². The third-order valence-corrected chi connectivity index (χ3v) is 3.10. The van der Waals surface area contributed by atoms with Crippen molar-refractivity contribution in [2.45, 2.75) is 6.61 Å². The summed E-state index contributed by atoms with van der Waals surface area (Å²) in [6, 6.07) is 4.69. The number of hydrogen-bond acceptors (Lipinski definition) is 3. The van der Waals surface area contributed by atoms with Gasteiger partial charge in [0.25, 0.3) is 0 Å². The van der Waals surface area contributed by atoms with Gasteiger partial charge in [-0.05, 0) is 28.1 Å². The van der Waals surface area contributed by atoms with Gasteiger partial charge in [-0.1, -0.05) is 6.07 Å². The second kappa shape index (κ2) is 4.31. The highest BCUT2D eigenvalue weighted by Gasteiger charge is 2.14. The maximum absolute atomic E-state index is 13.3. The van der Waals surface area contributed by atoms with Gasteiger partial charge in [-0.25, -0.2) is 4.39 Å². The van der Waals surface area contributed by atoms with Gasteiger partial charge in [0.2, 0.25) is 0 Å². The van der Waals surface area contributed by atoms with Gasteiger partial charge in [0, 0.05) is 12.6 Å². The van der Waals surface area contributed by atoms with Gasteiger partial charge < -0.3 is 9.67 Å². The van der Waals surface area contributed by atoms with Crippen molar-refractivity contribution in [3.63, 3.8) is 0 Å². The number of benzene rings is 1. The summed E-state index contributed by atoms with van der Waals surface area (Å²) in [5.74, 6) is 0.590. The van der Waals surface area contributed by atoms with Crippen LogP contribution in [0, 0.1) is 5.82 Å². The van der Waals surface area contributed by atoms with Crippen LogP contribution in [0.15, 0.2) is 22.7 Å². The minimum absolute atomic E-state index is 0.198. The van der Waals surface area contributed by atoms with Gasteiger partial charge in [-0.15, -0.1) is 10.2 Å². The molecule has 0 aliphatic carbocycles. The summed E-state index contributed by atoms with van der Waals surface area (Å²) in [6.45, 7) is -0.198. The van der Waals surface area contributed by atoms with Gasteiger partial charge in [0.05, 0.1) is 4.47 Å². The standard InChI is InChI=1S/C10H9BrFN3O/c1-15-8(5-16)13-14-10(15)6-3-2-4-7(12)9(6)11/h2-4,16H,5H2,1H3. The largest absolute Gasteiger partial charge is 0.388 e. The molecule has 0 amide bonds. The van der Waals surface area contributed by atoms with E-state index >= 15 is 0 Å². The van der Waals surface area contributed by atoms with Crippen LogP contribution in [0.4, 0.5) is 4.39 Å². The average Bonchev–Trinajstić information content (AvgIpc) is 2.64. The molecule has 0 unspecified atom stereocenters. The van der Waals surface area contributed by atoms with Crippen LogP contribution < -0.4 is 0 Å². The van der Waals surface area contributed by atoms with Gasteiger partial charge in [0.15, 0.2) is 11.6 Å². The van der Waals surface area contributed by atoms with E-state index < -0.39 is 0 Å². The molecule has 2 aromatic rings. The number of aliphatic hydroxyl groups excluding tert-OH is 1. The van der Waals surface area contributed by atoms with Crippen molar-refractivity contribution in [3.8, 4) is 11.4 Å². The minimum Gasteiger partial charge on any atom is -0.388 e. The van der Waals surface area contributed by atoms with Gasteiger partial charge in [-0.3, -0.25) is 0 Å². The van der Waals surface area contributed by atoms with Crippen molar-refractivity contribution < 1.29 is 9.50 Å². The Morgan fingerprint density at radius 3 is 2.81 bits per heavy atom. The SMILES string of the molecule is Cn1c(CO)nnc1-c1cccc(F)c1Br. The lowest BCUT2D eigenvalue weighted by molar-refractivity contribution is 0.267. The normalized spacial score (nSPS) is 10.8. The van der Waals surface area contributed by atoms with E-state index in [1.54, 1.807) is 23.7 Å². The van der Waals surface area contributed by atoms with Crippen molar-refractivity contribution in [1.29, 1.82) is 0 Å². The zero-order valence-corrected chi connectivity index (χ0v) is 10.1. The summed E-state index contributed by atoms with van der Waals surface area (Å²) < 4.78 is 15.3. The molecule has 0 saturated heterocycles. The molecule has 84 valence electrons. The topological polar surface area (TPSA) is 50.9 Å². The number of aromatic nitrogens is 3. The van der Waals surface area contributed by atoms with E-state index in [1.165, 1.54) is 6.07 Å². The summed E-state index contributed by atoms with van der Waals surface area (Å²) in [5, 5.41) is 16.7. The van der Waals surface area contributed by atoms with E-state index in [4.69, 9.17) is 5.11 Å². The molecule has 0 atom stereocenters. The van der Waals surface area contributed by atoms with Crippen LogP contribution in [0.3, 0.4) is 0 Å². The minimum atomic E-state index is -0.356. The summed E-state index contributed by atoms with van der Waals surface area (Å²) in [5.41, 5.74) is 0.606. The first-order valence-electron chi connectivity index (χ1n) is 4.58. The Kier molecular flexibility index (Phi) is 3.02. The van der Waals surface area contributed by atoms with E-state index in [-0.39, 0.29) is 12.4 Å². The fourth-order valence-electron chi connectivity index (χ4n) is 1.41. The monoisotopic (exact) mass is 285 g/mol. The predicted molar refractivity (Wildman–Crippen MR) is 60.0 cm³/mol. The maximum atomic E-state index is 13.3. The molecule has 1 N–H and O–H groups in total. The maximum Gasteiger partial charge on any atom is 0.165 e. The van der Waals surface area contributed by atoms with Crippen LogP contribution in [0.5, 0.6) is 0 Å². The first kappa shape index (κ1) is 11.2. The van der Waals surface area contributed by atoms with Crippen molar-refractivity contribution in [3.05, 3.63) is 34.3 Å². The summed E-state index contributed by atoms with van der Waals surface area (Å²) in [4.78, 5) is 0. The fraction of sp³-hybridized carbons (Fsp3) is 0.200. The molecule has 1 aromatic carbocycles. The molecule has 0 radical (unpaired) electrons. The van der Waals surface area contributed by atoms with Crippen molar-refractivity contribution in [1.82, 2.24) is 14.8 Å². The van der Waals surface area contributed by atoms with E-state index in [1.807, 2.05) is 0 Å². The molecular weight excluding hydrogens is 277 g/mol. The highest BCUT2D eigenvalue weighted by atomic mass is 79.9. The Labute approximate surface area is 99.9 Å². The quantitative estimate of drug-likeness (QED) is 0.917. The van der Waals surface area contributed by atoms with Crippen molar-refractivity contribution >= 4 is 15.9 Å². The van der Waals surface area contributed by atoms with E-state index in [2.05, 4.69) is 26.1 Å². The number of halogens is 2. The predicted octanol–water partition coefficient (Wildman–Crippen LogP) is 1.88. The van der Waals surface area contributed by atoms with Crippen LogP contribution in [0.25, 0.3) is 11.4 Å². The number of nitrogens with zero attached hydrogens (tertiary/aromatic N) is 3. The summed E-state index contributed by atoms with van der Waals surface area (Å²) >= 11 is 3.16.